The first kappa shape index (κ1) is 15.1. The van der Waals surface area contributed by atoms with Crippen molar-refractivity contribution in [2.75, 3.05) is 0 Å². The summed E-state index contributed by atoms with van der Waals surface area (Å²) < 4.78 is 0. The van der Waals surface area contributed by atoms with Crippen LogP contribution in [0.1, 0.15) is 56.6 Å². The molecule has 1 unspecified atom stereocenters. The van der Waals surface area contributed by atoms with Gasteiger partial charge >= 0.3 is 0 Å². The molecule has 1 aromatic rings. The van der Waals surface area contributed by atoms with Crippen LogP contribution < -0.4 is 0 Å². The van der Waals surface area contributed by atoms with Crippen molar-refractivity contribution < 1.29 is 9.90 Å². The number of Topliss-reactive ketones (excluding diaryl/α,β-unsaturated/α-hetero) is 1. The first-order valence-corrected chi connectivity index (χ1v) is 8.46. The minimum atomic E-state index is -0.464. The molecule has 1 saturated carbocycles. The van der Waals surface area contributed by atoms with Crippen LogP contribution in [0.3, 0.4) is 0 Å². The number of carbonyl (C=O) groups excluding carboxylic acids is 1. The molecule has 3 rings (SSSR count). The van der Waals surface area contributed by atoms with Gasteiger partial charge in [-0.2, -0.15) is 0 Å². The molecule has 3 heteroatoms. The van der Waals surface area contributed by atoms with Crippen molar-refractivity contribution in [3.63, 3.8) is 0 Å². The number of fused-ring (bicyclic) bond motifs is 2. The van der Waals surface area contributed by atoms with E-state index in [-0.39, 0.29) is 12.0 Å². The smallest absolute Gasteiger partial charge is 0.146 e. The summed E-state index contributed by atoms with van der Waals surface area (Å²) in [6, 6.07) is 5.90. The van der Waals surface area contributed by atoms with Crippen molar-refractivity contribution in [2.24, 2.45) is 5.92 Å². The third-order valence-electron chi connectivity index (χ3n) is 5.29. The molecule has 1 aromatic carbocycles. The van der Waals surface area contributed by atoms with Crippen molar-refractivity contribution in [3.05, 3.63) is 34.3 Å². The molecular weight excluding hydrogens is 284 g/mol. The molecule has 0 radical (unpaired) electrons. The predicted octanol–water partition coefficient (Wildman–Crippen LogP) is 4.05. The van der Waals surface area contributed by atoms with E-state index in [1.165, 1.54) is 0 Å². The molecule has 2 aliphatic rings. The van der Waals surface area contributed by atoms with Crippen LogP contribution in [0.25, 0.3) is 0 Å². The van der Waals surface area contributed by atoms with Gasteiger partial charge in [-0.3, -0.25) is 4.79 Å². The van der Waals surface area contributed by atoms with Gasteiger partial charge in [-0.05, 0) is 49.3 Å². The average Bonchev–Trinajstić information content (AvgIpc) is 2.55. The second-order valence-electron chi connectivity index (χ2n) is 6.65. The van der Waals surface area contributed by atoms with Crippen LogP contribution in [0.4, 0.5) is 0 Å². The van der Waals surface area contributed by atoms with Crippen LogP contribution in [-0.2, 0) is 16.6 Å². The number of aliphatic hydroxyl groups excluding tert-OH is 1. The number of aliphatic hydroxyl groups is 1. The summed E-state index contributed by atoms with van der Waals surface area (Å²) in [4.78, 5) is 13.1. The lowest BCUT2D eigenvalue weighted by atomic mass is 9.58. The Morgan fingerprint density at radius 1 is 1.38 bits per heavy atom. The number of carbonyl (C=O) groups is 1. The molecular formula is C18H23ClO2. The molecule has 1 atom stereocenters. The lowest BCUT2D eigenvalue weighted by Gasteiger charge is -2.46. The van der Waals surface area contributed by atoms with E-state index < -0.39 is 5.41 Å². The molecule has 114 valence electrons. The third kappa shape index (κ3) is 2.43. The molecule has 0 aromatic heterocycles. The first-order chi connectivity index (χ1) is 10.1. The maximum Gasteiger partial charge on any atom is 0.146 e. The number of benzene rings is 1. The first-order valence-electron chi connectivity index (χ1n) is 8.08. The normalized spacial score (nSPS) is 31.7. The van der Waals surface area contributed by atoms with Gasteiger partial charge in [0.25, 0.3) is 0 Å². The highest BCUT2D eigenvalue weighted by Crippen LogP contribution is 2.51. The number of ketones is 1. The van der Waals surface area contributed by atoms with Crippen molar-refractivity contribution in [2.45, 2.75) is 63.4 Å². The van der Waals surface area contributed by atoms with Crippen LogP contribution in [0, 0.1) is 5.92 Å². The lowest BCUT2D eigenvalue weighted by molar-refractivity contribution is -0.137. The highest BCUT2D eigenvalue weighted by atomic mass is 35.5. The number of hydrogen-bond acceptors (Lipinski definition) is 2. The van der Waals surface area contributed by atoms with Crippen LogP contribution in [0.5, 0.6) is 0 Å². The molecule has 0 aliphatic heterocycles. The molecule has 21 heavy (non-hydrogen) atoms. The molecule has 0 bridgehead atoms. The number of halogens is 1. The minimum Gasteiger partial charge on any atom is -0.393 e. The molecule has 1 spiro atoms. The van der Waals surface area contributed by atoms with Crippen LogP contribution >= 0.6 is 11.6 Å². The zero-order chi connectivity index (χ0) is 15.0. The molecule has 2 nitrogen and oxygen atoms in total. The summed E-state index contributed by atoms with van der Waals surface area (Å²) in [5, 5.41) is 10.6. The summed E-state index contributed by atoms with van der Waals surface area (Å²) in [6.45, 7) is 2.16. The van der Waals surface area contributed by atoms with E-state index in [9.17, 15) is 9.90 Å². The largest absolute Gasteiger partial charge is 0.393 e. The zero-order valence-electron chi connectivity index (χ0n) is 12.6. The highest BCUT2D eigenvalue weighted by Gasteiger charge is 2.54. The van der Waals surface area contributed by atoms with E-state index >= 15 is 0 Å². The third-order valence-corrected chi connectivity index (χ3v) is 5.65. The Morgan fingerprint density at radius 2 is 2.14 bits per heavy atom. The fourth-order valence-electron chi connectivity index (χ4n) is 4.13. The Hall–Kier alpha value is -0.860. The highest BCUT2D eigenvalue weighted by molar-refractivity contribution is 6.31. The fourth-order valence-corrected chi connectivity index (χ4v) is 4.39. The van der Waals surface area contributed by atoms with E-state index in [0.29, 0.717) is 18.6 Å². The molecule has 1 fully saturated rings. The Labute approximate surface area is 131 Å². The van der Waals surface area contributed by atoms with Gasteiger partial charge in [0.05, 0.1) is 11.5 Å². The monoisotopic (exact) mass is 306 g/mol. The zero-order valence-corrected chi connectivity index (χ0v) is 13.3. The van der Waals surface area contributed by atoms with E-state index in [1.54, 1.807) is 0 Å². The van der Waals surface area contributed by atoms with E-state index in [1.807, 2.05) is 18.2 Å². The maximum absolute atomic E-state index is 13.1. The van der Waals surface area contributed by atoms with Gasteiger partial charge < -0.3 is 5.11 Å². The van der Waals surface area contributed by atoms with Crippen molar-refractivity contribution >= 4 is 17.4 Å². The molecule has 0 amide bonds. The van der Waals surface area contributed by atoms with E-state index in [4.69, 9.17) is 11.6 Å². The second kappa shape index (κ2) is 5.73. The average molecular weight is 307 g/mol. The van der Waals surface area contributed by atoms with Gasteiger partial charge in [-0.1, -0.05) is 43.5 Å². The second-order valence-corrected chi connectivity index (χ2v) is 7.06. The Morgan fingerprint density at radius 3 is 2.81 bits per heavy atom. The lowest BCUT2D eigenvalue weighted by Crippen LogP contribution is -2.52. The summed E-state index contributed by atoms with van der Waals surface area (Å²) in [5.74, 6) is 0.475. The SMILES string of the molecule is CCCCC1CCc2c(Cl)cccc2C2(CC(O)C2)C1=O. The van der Waals surface area contributed by atoms with Crippen molar-refractivity contribution in [1.82, 2.24) is 0 Å². The van der Waals surface area contributed by atoms with Crippen LogP contribution in [0.2, 0.25) is 5.02 Å². The number of rotatable bonds is 3. The topological polar surface area (TPSA) is 37.3 Å². The molecule has 1 N–H and O–H groups in total. The predicted molar refractivity (Wildman–Crippen MR) is 84.7 cm³/mol. The number of hydrogen-bond donors (Lipinski definition) is 1. The standard InChI is InChI=1S/C18H23ClO2/c1-2-3-5-12-8-9-14-15(6-4-7-16(14)19)18(17(12)21)10-13(20)11-18/h4,6-7,12-13,20H,2-3,5,8-11H2,1H3. The van der Waals surface area contributed by atoms with E-state index in [0.717, 1.165) is 48.3 Å². The molecule has 2 aliphatic carbocycles. The summed E-state index contributed by atoms with van der Waals surface area (Å²) in [7, 11) is 0. The number of unbranched alkanes of at least 4 members (excludes halogenated alkanes) is 1. The quantitative estimate of drug-likeness (QED) is 0.914. The Balaban J connectivity index is 2.01. The van der Waals surface area contributed by atoms with Gasteiger partial charge in [0.1, 0.15) is 5.78 Å². The van der Waals surface area contributed by atoms with Gasteiger partial charge in [0.2, 0.25) is 0 Å². The van der Waals surface area contributed by atoms with Crippen molar-refractivity contribution in [1.29, 1.82) is 0 Å². The Bertz CT molecular complexity index is 546. The fraction of sp³-hybridized carbons (Fsp3) is 0.611. The summed E-state index contributed by atoms with van der Waals surface area (Å²) >= 11 is 6.39. The van der Waals surface area contributed by atoms with Crippen molar-refractivity contribution in [3.8, 4) is 0 Å². The molecule has 0 saturated heterocycles. The maximum atomic E-state index is 13.1. The Kier molecular flexibility index (Phi) is 4.11. The van der Waals surface area contributed by atoms with E-state index in [2.05, 4.69) is 6.92 Å². The minimum absolute atomic E-state index is 0.126. The molecule has 0 heterocycles. The summed E-state index contributed by atoms with van der Waals surface area (Å²) in [5.41, 5.74) is 1.76. The van der Waals surface area contributed by atoms with Gasteiger partial charge in [0, 0.05) is 10.9 Å². The summed E-state index contributed by atoms with van der Waals surface area (Å²) in [6.07, 6.45) is 5.76. The van der Waals surface area contributed by atoms with Gasteiger partial charge in [-0.15, -0.1) is 0 Å². The van der Waals surface area contributed by atoms with Crippen LogP contribution in [0.15, 0.2) is 18.2 Å². The van der Waals surface area contributed by atoms with Crippen LogP contribution in [-0.4, -0.2) is 17.0 Å². The van der Waals surface area contributed by atoms with Gasteiger partial charge in [0.15, 0.2) is 0 Å². The van der Waals surface area contributed by atoms with Gasteiger partial charge in [-0.25, -0.2) is 0 Å².